The van der Waals surface area contributed by atoms with Gasteiger partial charge >= 0.3 is 12.0 Å². The first-order chi connectivity index (χ1) is 9.06. The monoisotopic (exact) mass is 286 g/mol. The van der Waals surface area contributed by atoms with Gasteiger partial charge in [-0.1, -0.05) is 6.92 Å². The van der Waals surface area contributed by atoms with Crippen LogP contribution in [0.1, 0.15) is 26.2 Å². The second-order valence-electron chi connectivity index (χ2n) is 5.44. The average molecular weight is 286 g/mol. The number of carboxylic acid groups (broad SMARTS) is 1. The lowest BCUT2D eigenvalue weighted by Gasteiger charge is -2.38. The van der Waals surface area contributed by atoms with Crippen molar-refractivity contribution < 1.29 is 14.7 Å². The van der Waals surface area contributed by atoms with E-state index in [4.69, 9.17) is 5.11 Å². The van der Waals surface area contributed by atoms with Crippen molar-refractivity contribution in [1.82, 2.24) is 9.80 Å². The molecule has 0 aromatic heterocycles. The number of likely N-dealkylation sites (tertiary alicyclic amines) is 1. The number of piperidine rings is 1. The minimum atomic E-state index is -0.730. The van der Waals surface area contributed by atoms with E-state index in [1.807, 2.05) is 21.6 Å². The summed E-state index contributed by atoms with van der Waals surface area (Å²) in [6.07, 6.45) is 1.87. The third-order valence-corrected chi connectivity index (χ3v) is 5.00. The molecule has 1 atom stereocenters. The number of carbonyl (C=O) groups excluding carboxylic acids is 1. The minimum Gasteiger partial charge on any atom is -0.481 e. The highest BCUT2D eigenvalue weighted by Gasteiger charge is 2.29. The van der Waals surface area contributed by atoms with Crippen molar-refractivity contribution in [1.29, 1.82) is 0 Å². The van der Waals surface area contributed by atoms with E-state index >= 15 is 0 Å². The first-order valence-corrected chi connectivity index (χ1v) is 7.98. The first-order valence-electron chi connectivity index (χ1n) is 6.93. The molecule has 0 aromatic rings. The molecule has 0 saturated carbocycles. The Bertz CT molecular complexity index is 343. The molecule has 2 amide bonds. The molecule has 0 bridgehead atoms. The maximum absolute atomic E-state index is 12.4. The molecular formula is C13H22N2O3S. The molecule has 108 valence electrons. The van der Waals surface area contributed by atoms with Gasteiger partial charge in [0.1, 0.15) is 0 Å². The Morgan fingerprint density at radius 2 is 1.89 bits per heavy atom. The van der Waals surface area contributed by atoms with E-state index in [-0.39, 0.29) is 18.4 Å². The van der Waals surface area contributed by atoms with E-state index in [9.17, 15) is 9.59 Å². The molecule has 0 radical (unpaired) electrons. The fourth-order valence-corrected chi connectivity index (χ4v) is 3.78. The van der Waals surface area contributed by atoms with Gasteiger partial charge in [0.2, 0.25) is 0 Å². The number of carboxylic acids is 1. The van der Waals surface area contributed by atoms with Gasteiger partial charge in [-0.05, 0) is 18.8 Å². The van der Waals surface area contributed by atoms with E-state index in [1.54, 1.807) is 0 Å². The standard InChI is InChI=1S/C13H22N2O3S/c1-10-9-15(6-7-19-10)13(18)14-4-2-11(3-5-14)8-12(16)17/h10-11H,2-9H2,1H3,(H,16,17). The minimum absolute atomic E-state index is 0.140. The number of hydrogen-bond acceptors (Lipinski definition) is 3. The van der Waals surface area contributed by atoms with E-state index < -0.39 is 5.97 Å². The average Bonchev–Trinajstić information content (AvgIpc) is 2.38. The first kappa shape index (κ1) is 14.5. The van der Waals surface area contributed by atoms with Crippen LogP contribution >= 0.6 is 11.8 Å². The molecule has 2 saturated heterocycles. The number of hydrogen-bond donors (Lipinski definition) is 1. The molecule has 2 heterocycles. The largest absolute Gasteiger partial charge is 0.481 e. The molecule has 2 fully saturated rings. The van der Waals surface area contributed by atoms with Crippen LogP contribution in [0.2, 0.25) is 0 Å². The lowest BCUT2D eigenvalue weighted by molar-refractivity contribution is -0.138. The van der Waals surface area contributed by atoms with Gasteiger partial charge < -0.3 is 14.9 Å². The van der Waals surface area contributed by atoms with E-state index in [0.29, 0.717) is 18.3 Å². The maximum atomic E-state index is 12.4. The van der Waals surface area contributed by atoms with Crippen molar-refractivity contribution in [2.75, 3.05) is 31.9 Å². The summed E-state index contributed by atoms with van der Waals surface area (Å²) in [5, 5.41) is 9.30. The Labute approximate surface area is 118 Å². The second kappa shape index (κ2) is 6.50. The van der Waals surface area contributed by atoms with E-state index in [0.717, 1.165) is 31.7 Å². The van der Waals surface area contributed by atoms with Gasteiger partial charge in [0.15, 0.2) is 0 Å². The van der Waals surface area contributed by atoms with Crippen molar-refractivity contribution in [2.45, 2.75) is 31.4 Å². The summed E-state index contributed by atoms with van der Waals surface area (Å²) >= 11 is 1.92. The highest BCUT2D eigenvalue weighted by Crippen LogP contribution is 2.23. The van der Waals surface area contributed by atoms with Gasteiger partial charge in [-0.3, -0.25) is 4.79 Å². The summed E-state index contributed by atoms with van der Waals surface area (Å²) in [7, 11) is 0. The maximum Gasteiger partial charge on any atom is 0.320 e. The molecule has 19 heavy (non-hydrogen) atoms. The van der Waals surface area contributed by atoms with Crippen LogP contribution in [-0.2, 0) is 4.79 Å². The number of urea groups is 1. The van der Waals surface area contributed by atoms with Crippen LogP contribution in [0.3, 0.4) is 0 Å². The zero-order valence-corrected chi connectivity index (χ0v) is 12.2. The summed E-state index contributed by atoms with van der Waals surface area (Å²) in [6, 6.07) is 0.140. The summed E-state index contributed by atoms with van der Waals surface area (Å²) in [5.74, 6) is 0.520. The van der Waals surface area contributed by atoms with Crippen LogP contribution in [-0.4, -0.2) is 64.1 Å². The SMILES string of the molecule is CC1CN(C(=O)N2CCC(CC(=O)O)CC2)CCS1. The topological polar surface area (TPSA) is 60.9 Å². The molecular weight excluding hydrogens is 264 g/mol. The summed E-state index contributed by atoms with van der Waals surface area (Å²) in [6.45, 7) is 5.23. The van der Waals surface area contributed by atoms with Crippen LogP contribution in [0.15, 0.2) is 0 Å². The Kier molecular flexibility index (Phi) is 4.96. The van der Waals surface area contributed by atoms with Crippen molar-refractivity contribution in [3.05, 3.63) is 0 Å². The van der Waals surface area contributed by atoms with Gasteiger partial charge in [-0.15, -0.1) is 0 Å². The summed E-state index contributed by atoms with van der Waals surface area (Å²) in [4.78, 5) is 26.9. The molecule has 2 rings (SSSR count). The Morgan fingerprint density at radius 3 is 2.47 bits per heavy atom. The van der Waals surface area contributed by atoms with Crippen LogP contribution in [0.4, 0.5) is 4.79 Å². The normalized spacial score (nSPS) is 25.4. The molecule has 1 unspecified atom stereocenters. The zero-order chi connectivity index (χ0) is 13.8. The summed E-state index contributed by atoms with van der Waals surface area (Å²) < 4.78 is 0. The molecule has 0 aliphatic carbocycles. The lowest BCUT2D eigenvalue weighted by atomic mass is 9.94. The molecule has 1 N–H and O–H groups in total. The van der Waals surface area contributed by atoms with Crippen molar-refractivity contribution in [2.24, 2.45) is 5.92 Å². The predicted octanol–water partition coefficient (Wildman–Crippen LogP) is 1.73. The van der Waals surface area contributed by atoms with Crippen molar-refractivity contribution >= 4 is 23.8 Å². The fourth-order valence-electron chi connectivity index (χ4n) is 2.77. The highest BCUT2D eigenvalue weighted by atomic mass is 32.2. The van der Waals surface area contributed by atoms with Crippen molar-refractivity contribution in [3.8, 4) is 0 Å². The second-order valence-corrected chi connectivity index (χ2v) is 6.98. The number of carbonyl (C=O) groups is 2. The molecule has 2 aliphatic heterocycles. The highest BCUT2D eigenvalue weighted by molar-refractivity contribution is 7.99. The molecule has 0 spiro atoms. The Balaban J connectivity index is 1.80. The van der Waals surface area contributed by atoms with Gasteiger partial charge in [0.25, 0.3) is 0 Å². The smallest absolute Gasteiger partial charge is 0.320 e. The van der Waals surface area contributed by atoms with Crippen molar-refractivity contribution in [3.63, 3.8) is 0 Å². The summed E-state index contributed by atoms with van der Waals surface area (Å²) in [5.41, 5.74) is 0. The molecule has 5 nitrogen and oxygen atoms in total. The fraction of sp³-hybridized carbons (Fsp3) is 0.846. The number of nitrogens with zero attached hydrogens (tertiary/aromatic N) is 2. The number of aliphatic carboxylic acids is 1. The lowest BCUT2D eigenvalue weighted by Crippen LogP contribution is -2.50. The zero-order valence-electron chi connectivity index (χ0n) is 11.4. The third kappa shape index (κ3) is 4.03. The van der Waals surface area contributed by atoms with Gasteiger partial charge in [-0.25, -0.2) is 4.79 Å². The molecule has 6 heteroatoms. The van der Waals surface area contributed by atoms with Crippen LogP contribution in [0.5, 0.6) is 0 Å². The van der Waals surface area contributed by atoms with Crippen LogP contribution < -0.4 is 0 Å². The molecule has 2 aliphatic rings. The van der Waals surface area contributed by atoms with Gasteiger partial charge in [0, 0.05) is 43.6 Å². The van der Waals surface area contributed by atoms with Crippen LogP contribution in [0.25, 0.3) is 0 Å². The van der Waals surface area contributed by atoms with Gasteiger partial charge in [-0.2, -0.15) is 11.8 Å². The quantitative estimate of drug-likeness (QED) is 0.840. The number of thioether (sulfide) groups is 1. The van der Waals surface area contributed by atoms with Gasteiger partial charge in [0.05, 0.1) is 0 Å². The third-order valence-electron chi connectivity index (χ3n) is 3.86. The van der Waals surface area contributed by atoms with E-state index in [2.05, 4.69) is 6.92 Å². The number of amides is 2. The van der Waals surface area contributed by atoms with Crippen LogP contribution in [0, 0.1) is 5.92 Å². The Hall–Kier alpha value is -0.910. The molecule has 0 aromatic carbocycles. The Morgan fingerprint density at radius 1 is 1.21 bits per heavy atom. The number of rotatable bonds is 2. The predicted molar refractivity (Wildman–Crippen MR) is 75.4 cm³/mol. The van der Waals surface area contributed by atoms with E-state index in [1.165, 1.54) is 0 Å².